The van der Waals surface area contributed by atoms with Gasteiger partial charge in [-0.25, -0.2) is 0 Å². The van der Waals surface area contributed by atoms with E-state index in [2.05, 4.69) is 29.7 Å². The molecule has 2 N–H and O–H groups in total. The lowest BCUT2D eigenvalue weighted by Crippen LogP contribution is -2.72. The first-order chi connectivity index (χ1) is 16.9. The van der Waals surface area contributed by atoms with E-state index >= 15 is 0 Å². The number of benzene rings is 3. The number of hydrogen-bond acceptors (Lipinski definition) is 4. The van der Waals surface area contributed by atoms with E-state index in [4.69, 9.17) is 33.3 Å². The van der Waals surface area contributed by atoms with E-state index in [0.717, 1.165) is 17.7 Å². The van der Waals surface area contributed by atoms with Crippen molar-refractivity contribution in [2.24, 2.45) is 5.92 Å². The number of rotatable bonds is 5. The molecule has 3 atom stereocenters. The summed E-state index contributed by atoms with van der Waals surface area (Å²) in [6.45, 7) is 4.01. The van der Waals surface area contributed by atoms with Crippen LogP contribution in [0.25, 0.3) is 0 Å². The fourth-order valence-corrected chi connectivity index (χ4v) is 5.49. The molecule has 1 fully saturated rings. The zero-order chi connectivity index (χ0) is 24.7. The Hall–Kier alpha value is -3.29. The molecule has 2 aliphatic rings. The number of ether oxygens (including phenoxy) is 2. The van der Waals surface area contributed by atoms with Crippen LogP contribution in [0.3, 0.4) is 0 Å². The molecule has 3 aromatic rings. The molecule has 8 heteroatoms. The second kappa shape index (κ2) is 9.06. The molecule has 2 bridgehead atoms. The molecule has 6 nitrogen and oxygen atoms in total. The molecular formula is C27H26ClN3O3S. The largest absolute Gasteiger partial charge is 0.493 e. The third-order valence-corrected chi connectivity index (χ3v) is 7.26. The van der Waals surface area contributed by atoms with Crippen LogP contribution in [-0.4, -0.2) is 23.9 Å². The summed E-state index contributed by atoms with van der Waals surface area (Å²) in [6.07, 6.45) is 0.926. The van der Waals surface area contributed by atoms with Crippen LogP contribution in [-0.2, 0) is 11.2 Å². The van der Waals surface area contributed by atoms with Crippen molar-refractivity contribution in [3.05, 3.63) is 82.9 Å². The Morgan fingerprint density at radius 2 is 1.89 bits per heavy atom. The summed E-state index contributed by atoms with van der Waals surface area (Å²) in [5.41, 5.74) is 2.39. The van der Waals surface area contributed by atoms with E-state index in [-0.39, 0.29) is 5.91 Å². The van der Waals surface area contributed by atoms with Gasteiger partial charge in [-0.3, -0.25) is 9.69 Å². The van der Waals surface area contributed by atoms with Crippen LogP contribution in [0.15, 0.2) is 66.7 Å². The van der Waals surface area contributed by atoms with Gasteiger partial charge in [0, 0.05) is 22.0 Å². The van der Waals surface area contributed by atoms with E-state index in [1.54, 1.807) is 31.4 Å². The minimum atomic E-state index is -1.13. The van der Waals surface area contributed by atoms with Gasteiger partial charge in [-0.1, -0.05) is 42.8 Å². The minimum Gasteiger partial charge on any atom is -0.493 e. The smallest absolute Gasteiger partial charge is 0.236 e. The topological polar surface area (TPSA) is 62.8 Å². The Bertz CT molecular complexity index is 1280. The Morgan fingerprint density at radius 3 is 2.54 bits per heavy atom. The SMILES string of the molecule is CCc1ccc(N2C(=S)N[C@H]3c4cccc(OC)c4O[C@]2(C)[C@@H]3C(=O)Nc2ccc(Cl)cc2)cc1. The van der Waals surface area contributed by atoms with Crippen molar-refractivity contribution in [1.82, 2.24) is 5.32 Å². The van der Waals surface area contributed by atoms with Gasteiger partial charge in [-0.05, 0) is 73.6 Å². The van der Waals surface area contributed by atoms with Gasteiger partial charge in [0.05, 0.1) is 13.2 Å². The van der Waals surface area contributed by atoms with E-state index in [0.29, 0.717) is 27.3 Å². The minimum absolute atomic E-state index is 0.196. The van der Waals surface area contributed by atoms with E-state index in [1.807, 2.05) is 42.2 Å². The second-order valence-corrected chi connectivity index (χ2v) is 9.61. The lowest BCUT2D eigenvalue weighted by Gasteiger charge is -2.56. The maximum atomic E-state index is 13.9. The Kier molecular flexibility index (Phi) is 6.07. The predicted octanol–water partition coefficient (Wildman–Crippen LogP) is 5.71. The van der Waals surface area contributed by atoms with E-state index in [1.165, 1.54) is 5.56 Å². The molecule has 180 valence electrons. The van der Waals surface area contributed by atoms with Crippen LogP contribution in [0.2, 0.25) is 5.02 Å². The number of anilines is 2. The Balaban J connectivity index is 1.62. The second-order valence-electron chi connectivity index (χ2n) is 8.79. The molecule has 2 aliphatic heterocycles. The molecule has 0 radical (unpaired) electrons. The van der Waals surface area contributed by atoms with Crippen LogP contribution in [0.1, 0.15) is 31.0 Å². The molecule has 0 aromatic heterocycles. The molecule has 0 aliphatic carbocycles. The molecule has 0 unspecified atom stereocenters. The number of hydrogen-bond donors (Lipinski definition) is 2. The molecule has 1 saturated heterocycles. The predicted molar refractivity (Wildman–Crippen MR) is 142 cm³/mol. The number of aryl methyl sites for hydroxylation is 1. The van der Waals surface area contributed by atoms with Crippen LogP contribution in [0.4, 0.5) is 11.4 Å². The number of para-hydroxylation sites is 1. The first kappa shape index (κ1) is 23.5. The van der Waals surface area contributed by atoms with Crippen molar-refractivity contribution in [2.45, 2.75) is 32.0 Å². The standard InChI is InChI=1S/C27H26ClN3O3S/c1-4-16-8-14-19(15-9-16)31-26(35)30-23-20-6-5-7-21(33-3)24(20)34-27(31,2)22(23)25(32)29-18-12-10-17(28)11-13-18/h5-15,22-23H,4H2,1-3H3,(H,29,32)(H,30,35)/t22-,23-,27+/m0/s1. The molecule has 0 saturated carbocycles. The van der Waals surface area contributed by atoms with Crippen LogP contribution >= 0.6 is 23.8 Å². The van der Waals surface area contributed by atoms with Crippen molar-refractivity contribution in [1.29, 1.82) is 0 Å². The zero-order valence-electron chi connectivity index (χ0n) is 19.7. The van der Waals surface area contributed by atoms with Crippen LogP contribution in [0.5, 0.6) is 11.5 Å². The monoisotopic (exact) mass is 507 g/mol. The molecule has 1 amide bonds. The van der Waals surface area contributed by atoms with Gasteiger partial charge < -0.3 is 20.1 Å². The first-order valence-electron chi connectivity index (χ1n) is 11.5. The van der Waals surface area contributed by atoms with Gasteiger partial charge in [0.1, 0.15) is 5.92 Å². The molecular weight excluding hydrogens is 482 g/mol. The van der Waals surface area contributed by atoms with E-state index < -0.39 is 17.7 Å². The maximum Gasteiger partial charge on any atom is 0.236 e. The number of thiocarbonyl (C=S) groups is 1. The van der Waals surface area contributed by atoms with E-state index in [9.17, 15) is 4.79 Å². The van der Waals surface area contributed by atoms with Gasteiger partial charge in [0.2, 0.25) is 5.91 Å². The summed E-state index contributed by atoms with van der Waals surface area (Å²) >= 11 is 11.9. The van der Waals surface area contributed by atoms with Gasteiger partial charge in [0.25, 0.3) is 0 Å². The van der Waals surface area contributed by atoms with Crippen molar-refractivity contribution in [2.75, 3.05) is 17.3 Å². The van der Waals surface area contributed by atoms with Gasteiger partial charge in [0.15, 0.2) is 22.3 Å². The van der Waals surface area contributed by atoms with Gasteiger partial charge in [-0.2, -0.15) is 0 Å². The average molecular weight is 508 g/mol. The zero-order valence-corrected chi connectivity index (χ0v) is 21.2. The summed E-state index contributed by atoms with van der Waals surface area (Å²) in [5, 5.41) is 7.55. The number of carbonyl (C=O) groups excluding carboxylic acids is 1. The van der Waals surface area contributed by atoms with Crippen molar-refractivity contribution < 1.29 is 14.3 Å². The number of fused-ring (bicyclic) bond motifs is 4. The summed E-state index contributed by atoms with van der Waals surface area (Å²) in [7, 11) is 1.61. The highest BCUT2D eigenvalue weighted by Gasteiger charge is 2.59. The van der Waals surface area contributed by atoms with Gasteiger partial charge >= 0.3 is 0 Å². The lowest BCUT2D eigenvalue weighted by atomic mass is 9.78. The quantitative estimate of drug-likeness (QED) is 0.431. The molecule has 0 spiro atoms. The first-order valence-corrected chi connectivity index (χ1v) is 12.3. The third kappa shape index (κ3) is 3.98. The normalized spacial score (nSPS) is 22.5. The molecule has 3 aromatic carbocycles. The van der Waals surface area contributed by atoms with Crippen LogP contribution in [0, 0.1) is 5.92 Å². The Morgan fingerprint density at radius 1 is 1.17 bits per heavy atom. The van der Waals surface area contributed by atoms with Crippen molar-refractivity contribution in [3.63, 3.8) is 0 Å². The highest BCUT2D eigenvalue weighted by atomic mass is 35.5. The number of carbonyl (C=O) groups is 1. The number of methoxy groups -OCH3 is 1. The maximum absolute atomic E-state index is 13.9. The number of halogens is 1. The Labute approximate surface area is 215 Å². The lowest BCUT2D eigenvalue weighted by molar-refractivity contribution is -0.130. The van der Waals surface area contributed by atoms with Crippen molar-refractivity contribution in [3.8, 4) is 11.5 Å². The number of nitrogens with zero attached hydrogens (tertiary/aromatic N) is 1. The summed E-state index contributed by atoms with van der Waals surface area (Å²) in [6, 6.07) is 20.4. The fraction of sp³-hybridized carbons (Fsp3) is 0.259. The number of amides is 1. The fourth-order valence-electron chi connectivity index (χ4n) is 4.95. The molecule has 5 rings (SSSR count). The average Bonchev–Trinajstić information content (AvgIpc) is 2.85. The van der Waals surface area contributed by atoms with Crippen molar-refractivity contribution >= 4 is 46.2 Å². The summed E-state index contributed by atoms with van der Waals surface area (Å²) < 4.78 is 12.3. The highest BCUT2D eigenvalue weighted by molar-refractivity contribution is 7.80. The van der Waals surface area contributed by atoms with Gasteiger partial charge in [-0.15, -0.1) is 0 Å². The molecule has 35 heavy (non-hydrogen) atoms. The third-order valence-electron chi connectivity index (χ3n) is 6.71. The summed E-state index contributed by atoms with van der Waals surface area (Å²) in [4.78, 5) is 15.7. The van der Waals surface area contributed by atoms with Crippen LogP contribution < -0.4 is 25.0 Å². The number of nitrogens with one attached hydrogen (secondary N) is 2. The summed E-state index contributed by atoms with van der Waals surface area (Å²) in [5.74, 6) is 0.364. The molecule has 2 heterocycles. The highest BCUT2D eigenvalue weighted by Crippen LogP contribution is 2.52.